The summed E-state index contributed by atoms with van der Waals surface area (Å²) in [6.07, 6.45) is 9.57. The van der Waals surface area contributed by atoms with Crippen molar-refractivity contribution in [1.82, 2.24) is 14.8 Å². The normalized spacial score (nSPS) is 20.5. The van der Waals surface area contributed by atoms with Gasteiger partial charge in [0.15, 0.2) is 0 Å². The maximum Gasteiger partial charge on any atom is 0.255 e. The number of anilines is 1. The Hall–Kier alpha value is -2.90. The predicted octanol–water partition coefficient (Wildman–Crippen LogP) is 4.79. The van der Waals surface area contributed by atoms with E-state index in [1.165, 1.54) is 36.8 Å². The van der Waals surface area contributed by atoms with E-state index >= 15 is 0 Å². The maximum atomic E-state index is 13.0. The molecule has 7 heteroatoms. The minimum Gasteiger partial charge on any atom is -0.464 e. The van der Waals surface area contributed by atoms with E-state index in [-0.39, 0.29) is 5.91 Å². The second kappa shape index (κ2) is 11.2. The van der Waals surface area contributed by atoms with Crippen molar-refractivity contribution in [3.63, 3.8) is 0 Å². The number of morpholine rings is 1. The fraction of sp³-hybridized carbons (Fsp3) is 0.533. The van der Waals surface area contributed by atoms with Crippen LogP contribution in [0.3, 0.4) is 0 Å². The van der Waals surface area contributed by atoms with E-state index in [1.54, 1.807) is 6.20 Å². The molecule has 0 N–H and O–H groups in total. The number of amides is 1. The molecule has 0 aliphatic carbocycles. The molecule has 0 atom stereocenters. The fourth-order valence-corrected chi connectivity index (χ4v) is 6.25. The zero-order chi connectivity index (χ0) is 25.0. The van der Waals surface area contributed by atoms with Crippen molar-refractivity contribution in [2.24, 2.45) is 5.92 Å². The number of para-hydroxylation sites is 1. The monoisotopic (exact) mass is 502 g/mol. The van der Waals surface area contributed by atoms with Gasteiger partial charge in [0.2, 0.25) is 0 Å². The first-order chi connectivity index (χ1) is 18.2. The number of pyridine rings is 1. The van der Waals surface area contributed by atoms with Gasteiger partial charge in [-0.15, -0.1) is 0 Å². The van der Waals surface area contributed by atoms with Gasteiger partial charge in [-0.1, -0.05) is 18.2 Å². The highest BCUT2D eigenvalue weighted by molar-refractivity contribution is 5.94. The summed E-state index contributed by atoms with van der Waals surface area (Å²) >= 11 is 0. The van der Waals surface area contributed by atoms with Gasteiger partial charge in [0.25, 0.3) is 5.91 Å². The number of furan rings is 1. The lowest BCUT2D eigenvalue weighted by Gasteiger charge is -2.35. The van der Waals surface area contributed by atoms with Gasteiger partial charge < -0.3 is 23.9 Å². The number of carbonyl (C=O) groups is 1. The number of hydrogen-bond acceptors (Lipinski definition) is 6. The second-order valence-electron chi connectivity index (χ2n) is 10.8. The van der Waals surface area contributed by atoms with E-state index in [1.807, 2.05) is 29.4 Å². The van der Waals surface area contributed by atoms with Crippen molar-refractivity contribution >= 4 is 22.7 Å². The molecule has 3 aliphatic heterocycles. The zero-order valence-electron chi connectivity index (χ0n) is 21.7. The summed E-state index contributed by atoms with van der Waals surface area (Å²) in [5, 5.41) is 1.28. The molecule has 196 valence electrons. The van der Waals surface area contributed by atoms with E-state index in [2.05, 4.69) is 33.0 Å². The van der Waals surface area contributed by atoms with Crippen LogP contribution in [0.2, 0.25) is 0 Å². The molecule has 2 aromatic heterocycles. The van der Waals surface area contributed by atoms with Crippen LogP contribution in [0.1, 0.15) is 53.9 Å². The average Bonchev–Trinajstić information content (AvgIpc) is 3.41. The molecule has 3 saturated heterocycles. The van der Waals surface area contributed by atoms with E-state index in [4.69, 9.17) is 9.15 Å². The van der Waals surface area contributed by atoms with E-state index < -0.39 is 0 Å². The highest BCUT2D eigenvalue weighted by Gasteiger charge is 2.27. The molecule has 0 saturated carbocycles. The Morgan fingerprint density at radius 1 is 0.919 bits per heavy atom. The van der Waals surface area contributed by atoms with Gasteiger partial charge in [0.05, 0.1) is 25.0 Å². The first-order valence-electron chi connectivity index (χ1n) is 14.0. The summed E-state index contributed by atoms with van der Waals surface area (Å²) in [6, 6.07) is 12.3. The Balaban J connectivity index is 0.930. The Morgan fingerprint density at radius 2 is 1.70 bits per heavy atom. The highest BCUT2D eigenvalue weighted by Crippen LogP contribution is 2.34. The van der Waals surface area contributed by atoms with Crippen LogP contribution < -0.4 is 4.90 Å². The maximum absolute atomic E-state index is 13.0. The number of rotatable bonds is 6. The van der Waals surface area contributed by atoms with Crippen molar-refractivity contribution in [2.75, 3.05) is 63.9 Å². The van der Waals surface area contributed by atoms with Crippen LogP contribution in [0.25, 0.3) is 11.0 Å². The average molecular weight is 503 g/mol. The summed E-state index contributed by atoms with van der Waals surface area (Å²) in [7, 11) is 0. The van der Waals surface area contributed by atoms with Gasteiger partial charge in [0, 0.05) is 43.3 Å². The highest BCUT2D eigenvalue weighted by atomic mass is 16.5. The van der Waals surface area contributed by atoms with Gasteiger partial charge in [-0.3, -0.25) is 4.79 Å². The summed E-state index contributed by atoms with van der Waals surface area (Å²) in [5.41, 5.74) is 3.09. The van der Waals surface area contributed by atoms with Gasteiger partial charge in [-0.2, -0.15) is 0 Å². The van der Waals surface area contributed by atoms with Gasteiger partial charge >= 0.3 is 0 Å². The number of likely N-dealkylation sites (tertiary alicyclic amines) is 2. The number of hydrogen-bond donors (Lipinski definition) is 0. The lowest BCUT2D eigenvalue weighted by Crippen LogP contribution is -2.40. The Bertz CT molecular complexity index is 1170. The number of carbonyl (C=O) groups excluding carboxylic acids is 1. The van der Waals surface area contributed by atoms with Crippen molar-refractivity contribution in [3.05, 3.63) is 60.0 Å². The van der Waals surface area contributed by atoms with Crippen LogP contribution in [0.5, 0.6) is 0 Å². The molecular weight excluding hydrogens is 464 g/mol. The molecule has 5 heterocycles. The van der Waals surface area contributed by atoms with Crippen LogP contribution in [0.4, 0.5) is 5.82 Å². The predicted molar refractivity (Wildman–Crippen MR) is 145 cm³/mol. The topological polar surface area (TPSA) is 62.1 Å². The lowest BCUT2D eigenvalue weighted by molar-refractivity contribution is 0.0678. The summed E-state index contributed by atoms with van der Waals surface area (Å²) in [5.74, 6) is 2.36. The molecule has 0 unspecified atom stereocenters. The van der Waals surface area contributed by atoms with Crippen molar-refractivity contribution in [3.8, 4) is 0 Å². The smallest absolute Gasteiger partial charge is 0.255 e. The van der Waals surface area contributed by atoms with Crippen LogP contribution in [-0.2, 0) is 4.74 Å². The Kier molecular flexibility index (Phi) is 7.42. The Morgan fingerprint density at radius 3 is 2.46 bits per heavy atom. The quantitative estimate of drug-likeness (QED) is 0.483. The van der Waals surface area contributed by atoms with Gasteiger partial charge in [-0.05, 0) is 81.8 Å². The third-order valence-corrected chi connectivity index (χ3v) is 8.62. The number of nitrogens with zero attached hydrogens (tertiary/aromatic N) is 4. The van der Waals surface area contributed by atoms with Crippen LogP contribution >= 0.6 is 0 Å². The number of fused-ring (bicyclic) bond motifs is 1. The molecule has 0 bridgehead atoms. The minimum atomic E-state index is 0.119. The molecule has 3 fully saturated rings. The van der Waals surface area contributed by atoms with Crippen molar-refractivity contribution < 1.29 is 13.9 Å². The number of ether oxygens (including phenoxy) is 1. The standard InChI is InChI=1S/C30H38N4O3/c35-30(25-5-6-29(31-21-25)33-17-19-36-20-18-33)34-15-8-23(9-16-34)7-12-32-13-10-24(11-14-32)27-22-37-28-4-2-1-3-26(27)28/h1-6,21-24H,7-20H2. The largest absolute Gasteiger partial charge is 0.464 e. The van der Waals surface area contributed by atoms with Crippen molar-refractivity contribution in [2.45, 2.75) is 38.0 Å². The molecule has 6 rings (SSSR count). The van der Waals surface area contributed by atoms with E-state index in [9.17, 15) is 4.79 Å². The molecule has 37 heavy (non-hydrogen) atoms. The molecule has 3 aliphatic rings. The number of piperidine rings is 2. The molecule has 0 radical (unpaired) electrons. The van der Waals surface area contributed by atoms with Gasteiger partial charge in [-0.25, -0.2) is 4.98 Å². The summed E-state index contributed by atoms with van der Waals surface area (Å²) < 4.78 is 11.2. The molecule has 1 amide bonds. The zero-order valence-corrected chi connectivity index (χ0v) is 21.7. The molecular formula is C30H38N4O3. The van der Waals surface area contributed by atoms with Crippen LogP contribution in [0.15, 0.2) is 53.3 Å². The molecule has 0 spiro atoms. The lowest BCUT2D eigenvalue weighted by atomic mass is 9.88. The third kappa shape index (κ3) is 5.53. The number of benzene rings is 1. The van der Waals surface area contributed by atoms with Crippen molar-refractivity contribution in [1.29, 1.82) is 0 Å². The third-order valence-electron chi connectivity index (χ3n) is 8.62. The molecule has 7 nitrogen and oxygen atoms in total. The molecule has 3 aromatic rings. The van der Waals surface area contributed by atoms with Crippen LogP contribution in [-0.4, -0.2) is 79.7 Å². The van der Waals surface area contributed by atoms with E-state index in [0.29, 0.717) is 17.4 Å². The SMILES string of the molecule is O=C(c1ccc(N2CCOCC2)nc1)N1CCC(CCN2CCC(c3coc4ccccc34)CC2)CC1. The van der Waals surface area contributed by atoms with Crippen LogP contribution in [0, 0.1) is 5.92 Å². The summed E-state index contributed by atoms with van der Waals surface area (Å²) in [6.45, 7) is 8.38. The van der Waals surface area contributed by atoms with Gasteiger partial charge in [0.1, 0.15) is 11.4 Å². The first kappa shape index (κ1) is 24.4. The fourth-order valence-electron chi connectivity index (χ4n) is 6.25. The second-order valence-corrected chi connectivity index (χ2v) is 10.8. The number of aromatic nitrogens is 1. The molecule has 1 aromatic carbocycles. The first-order valence-corrected chi connectivity index (χ1v) is 14.0. The Labute approximate surface area is 219 Å². The minimum absolute atomic E-state index is 0.119. The summed E-state index contributed by atoms with van der Waals surface area (Å²) in [4.78, 5) is 24.5. The van der Waals surface area contributed by atoms with E-state index in [0.717, 1.165) is 76.7 Å².